The second-order valence-corrected chi connectivity index (χ2v) is 8.90. The Hall–Kier alpha value is -3.41. The molecule has 0 aliphatic heterocycles. The third-order valence-corrected chi connectivity index (χ3v) is 6.78. The van der Waals surface area contributed by atoms with Gasteiger partial charge in [0.15, 0.2) is 5.82 Å². The topological polar surface area (TPSA) is 129 Å². The van der Waals surface area contributed by atoms with Crippen molar-refractivity contribution < 1.29 is 9.72 Å². The summed E-state index contributed by atoms with van der Waals surface area (Å²) in [6.45, 7) is 0. The number of rotatable bonds is 7. The van der Waals surface area contributed by atoms with Crippen molar-refractivity contribution in [2.24, 2.45) is 0 Å². The molecule has 1 unspecified atom stereocenters. The molecule has 0 radical (unpaired) electrons. The minimum absolute atomic E-state index is 0.0145. The number of nitro benzene ring substituents is 1. The lowest BCUT2D eigenvalue weighted by Crippen LogP contribution is -2.20. The number of anilines is 1. The summed E-state index contributed by atoms with van der Waals surface area (Å²) in [5.41, 5.74) is 0.663. The van der Waals surface area contributed by atoms with E-state index in [0.717, 1.165) is 16.6 Å². The van der Waals surface area contributed by atoms with Crippen molar-refractivity contribution in [1.29, 1.82) is 0 Å². The van der Waals surface area contributed by atoms with Crippen molar-refractivity contribution in [3.8, 4) is 10.7 Å². The quantitative estimate of drug-likeness (QED) is 0.167. The molecule has 0 aliphatic rings. The number of halogens is 1. The van der Waals surface area contributed by atoms with Crippen LogP contribution in [0.4, 0.5) is 11.4 Å². The molecule has 2 aromatic heterocycles. The minimum atomic E-state index is -0.742. The third kappa shape index (κ3) is 4.59. The van der Waals surface area contributed by atoms with Gasteiger partial charge in [-0.2, -0.15) is 0 Å². The van der Waals surface area contributed by atoms with Crippen molar-refractivity contribution in [3.05, 3.63) is 86.7 Å². The minimum Gasteiger partial charge on any atom is -0.335 e. The highest BCUT2D eigenvalue weighted by atomic mass is 35.5. The summed E-state index contributed by atoms with van der Waals surface area (Å²) in [6, 6.07) is 16.9. The number of thioether (sulfide) groups is 1. The zero-order chi connectivity index (χ0) is 22.7. The first-order valence-corrected chi connectivity index (χ1v) is 11.3. The van der Waals surface area contributed by atoms with Gasteiger partial charge in [0, 0.05) is 11.8 Å². The summed E-state index contributed by atoms with van der Waals surface area (Å²) in [5, 5.41) is 23.7. The van der Waals surface area contributed by atoms with Crippen molar-refractivity contribution in [1.82, 2.24) is 14.9 Å². The maximum absolute atomic E-state index is 13.2. The van der Waals surface area contributed by atoms with E-state index in [0.29, 0.717) is 16.5 Å². The van der Waals surface area contributed by atoms with Crippen LogP contribution in [0.5, 0.6) is 0 Å². The Labute approximate surface area is 195 Å². The Kier molecular flexibility index (Phi) is 6.40. The average molecular weight is 487 g/mol. The highest BCUT2D eigenvalue weighted by Crippen LogP contribution is 2.37. The Balaban J connectivity index is 1.63. The summed E-state index contributed by atoms with van der Waals surface area (Å²) in [5.74, 6) is 6.28. The number of carbonyl (C=O) groups is 1. The van der Waals surface area contributed by atoms with Gasteiger partial charge in [-0.1, -0.05) is 59.8 Å². The number of nitrogens with zero attached hydrogens (tertiary/aromatic N) is 4. The number of hydrogen-bond acceptors (Lipinski definition) is 8. The summed E-state index contributed by atoms with van der Waals surface area (Å²) in [7, 11) is 0. The molecule has 0 saturated heterocycles. The first kappa shape index (κ1) is 21.8. The lowest BCUT2D eigenvalue weighted by atomic mass is 10.1. The van der Waals surface area contributed by atoms with Crippen LogP contribution in [-0.4, -0.2) is 25.7 Å². The van der Waals surface area contributed by atoms with Crippen molar-refractivity contribution in [2.75, 3.05) is 11.2 Å². The summed E-state index contributed by atoms with van der Waals surface area (Å²) in [6.07, 6.45) is 0. The molecule has 4 aromatic rings. The SMILES string of the molecule is Nn1c(SC(C(=O)Nc2ccc(Cl)c([N+](=O)[O-])c2)c2ccccc2)nnc1-c1cccs1. The van der Waals surface area contributed by atoms with Crippen molar-refractivity contribution in [2.45, 2.75) is 10.4 Å². The standard InChI is InChI=1S/C20H15ClN6O3S2/c21-14-9-8-13(11-15(14)27(29)30)23-19(28)17(12-5-2-1-3-6-12)32-20-25-24-18(26(20)22)16-7-4-10-31-16/h1-11,17H,22H2,(H,23,28). The van der Waals surface area contributed by atoms with E-state index in [4.69, 9.17) is 17.4 Å². The number of amides is 1. The zero-order valence-electron chi connectivity index (χ0n) is 16.2. The van der Waals surface area contributed by atoms with Gasteiger partial charge >= 0.3 is 0 Å². The number of nitrogens with one attached hydrogen (secondary N) is 1. The van der Waals surface area contributed by atoms with E-state index in [1.165, 1.54) is 34.2 Å². The molecule has 9 nitrogen and oxygen atoms in total. The number of aromatic nitrogens is 3. The van der Waals surface area contributed by atoms with Crippen molar-refractivity contribution in [3.63, 3.8) is 0 Å². The number of thiophene rings is 1. The smallest absolute Gasteiger partial charge is 0.289 e. The average Bonchev–Trinajstić information content (AvgIpc) is 3.43. The van der Waals surface area contributed by atoms with E-state index >= 15 is 0 Å². The van der Waals surface area contributed by atoms with Gasteiger partial charge in [0.05, 0.1) is 9.80 Å². The maximum Gasteiger partial charge on any atom is 0.289 e. The lowest BCUT2D eigenvalue weighted by molar-refractivity contribution is -0.384. The lowest BCUT2D eigenvalue weighted by Gasteiger charge is -2.16. The molecular weight excluding hydrogens is 472 g/mol. The van der Waals surface area contributed by atoms with Crippen LogP contribution in [0, 0.1) is 10.1 Å². The molecular formula is C20H15ClN6O3S2. The fourth-order valence-electron chi connectivity index (χ4n) is 2.88. The van der Waals surface area contributed by atoms with E-state index in [2.05, 4.69) is 15.5 Å². The molecule has 32 heavy (non-hydrogen) atoms. The zero-order valence-corrected chi connectivity index (χ0v) is 18.6. The molecule has 2 heterocycles. The Bertz CT molecular complexity index is 1260. The van der Waals surface area contributed by atoms with Crippen LogP contribution >= 0.6 is 34.7 Å². The first-order chi connectivity index (χ1) is 15.4. The van der Waals surface area contributed by atoms with Gasteiger partial charge in [0.2, 0.25) is 11.1 Å². The molecule has 0 spiro atoms. The largest absolute Gasteiger partial charge is 0.335 e. The molecule has 4 rings (SSSR count). The van der Waals surface area contributed by atoms with Crippen LogP contribution in [0.15, 0.2) is 71.2 Å². The molecule has 162 valence electrons. The maximum atomic E-state index is 13.2. The van der Waals surface area contributed by atoms with Gasteiger partial charge in [0.25, 0.3) is 5.69 Å². The van der Waals surface area contributed by atoms with Gasteiger partial charge in [-0.05, 0) is 29.1 Å². The van der Waals surface area contributed by atoms with Crippen LogP contribution < -0.4 is 11.2 Å². The predicted molar refractivity (Wildman–Crippen MR) is 125 cm³/mol. The van der Waals surface area contributed by atoms with Crippen LogP contribution in [0.3, 0.4) is 0 Å². The molecule has 1 atom stereocenters. The molecule has 1 amide bonds. The third-order valence-electron chi connectivity index (χ3n) is 4.38. The predicted octanol–water partition coefficient (Wildman–Crippen LogP) is 4.75. The first-order valence-electron chi connectivity index (χ1n) is 9.15. The Morgan fingerprint density at radius 2 is 1.97 bits per heavy atom. The van der Waals surface area contributed by atoms with Crippen LogP contribution in [0.1, 0.15) is 10.8 Å². The summed E-state index contributed by atoms with van der Waals surface area (Å²) in [4.78, 5) is 24.6. The molecule has 12 heteroatoms. The van der Waals surface area contributed by atoms with Crippen LogP contribution in [0.2, 0.25) is 5.02 Å². The van der Waals surface area contributed by atoms with Crippen molar-refractivity contribution >= 4 is 52.0 Å². The number of nitrogens with two attached hydrogens (primary N) is 1. The Morgan fingerprint density at radius 1 is 1.19 bits per heavy atom. The fourth-order valence-corrected chi connectivity index (χ4v) is 4.73. The van der Waals surface area contributed by atoms with Crippen LogP contribution in [0.25, 0.3) is 10.7 Å². The highest BCUT2D eigenvalue weighted by Gasteiger charge is 2.26. The second-order valence-electron chi connectivity index (χ2n) is 6.47. The molecule has 0 bridgehead atoms. The van der Waals surface area contributed by atoms with Gasteiger partial charge in [0.1, 0.15) is 10.3 Å². The summed E-state index contributed by atoms with van der Waals surface area (Å²) >= 11 is 8.46. The molecule has 0 saturated carbocycles. The molecule has 2 aromatic carbocycles. The van der Waals surface area contributed by atoms with E-state index in [1.807, 2.05) is 35.7 Å². The van der Waals surface area contributed by atoms with E-state index < -0.39 is 16.1 Å². The Morgan fingerprint density at radius 3 is 2.66 bits per heavy atom. The number of nitrogen functional groups attached to an aromatic ring is 1. The normalized spacial score (nSPS) is 11.8. The van der Waals surface area contributed by atoms with Gasteiger partial charge in [-0.3, -0.25) is 14.9 Å². The van der Waals surface area contributed by atoms with Gasteiger partial charge < -0.3 is 11.2 Å². The van der Waals surface area contributed by atoms with E-state index in [-0.39, 0.29) is 16.4 Å². The summed E-state index contributed by atoms with van der Waals surface area (Å²) < 4.78 is 1.34. The second kappa shape index (κ2) is 9.39. The van der Waals surface area contributed by atoms with E-state index in [1.54, 1.807) is 12.1 Å². The molecule has 0 aliphatic carbocycles. The van der Waals surface area contributed by atoms with Crippen LogP contribution in [-0.2, 0) is 4.79 Å². The monoisotopic (exact) mass is 486 g/mol. The number of carbonyl (C=O) groups excluding carboxylic acids is 1. The number of benzene rings is 2. The highest BCUT2D eigenvalue weighted by molar-refractivity contribution is 8.00. The fraction of sp³-hybridized carbons (Fsp3) is 0.0500. The van der Waals surface area contributed by atoms with E-state index in [9.17, 15) is 14.9 Å². The molecule has 3 N–H and O–H groups in total. The van der Waals surface area contributed by atoms with Gasteiger partial charge in [-0.25, -0.2) is 4.68 Å². The number of hydrogen-bond donors (Lipinski definition) is 2. The molecule has 0 fully saturated rings. The number of nitro groups is 1. The van der Waals surface area contributed by atoms with Gasteiger partial charge in [-0.15, -0.1) is 21.5 Å².